The van der Waals surface area contributed by atoms with Crippen LogP contribution in [0.4, 0.5) is 0 Å². The molecule has 1 atom stereocenters. The highest BCUT2D eigenvalue weighted by atomic mass is 32.2. The van der Waals surface area contributed by atoms with Gasteiger partial charge in [-0.15, -0.1) is 0 Å². The Morgan fingerprint density at radius 3 is 2.38 bits per heavy atom. The lowest BCUT2D eigenvalue weighted by molar-refractivity contribution is 0.685. The Bertz CT molecular complexity index is 1160. The highest BCUT2D eigenvalue weighted by Gasteiger charge is 2.25. The van der Waals surface area contributed by atoms with Crippen molar-refractivity contribution in [3.05, 3.63) is 84.7 Å². The maximum Gasteiger partial charge on any atom is 0.0862 e. The van der Waals surface area contributed by atoms with Gasteiger partial charge in [-0.1, -0.05) is 42.5 Å². The third-order valence-corrected chi connectivity index (χ3v) is 6.39. The van der Waals surface area contributed by atoms with Crippen molar-refractivity contribution < 1.29 is 4.21 Å². The van der Waals surface area contributed by atoms with Gasteiger partial charge in [0.05, 0.1) is 32.5 Å². The van der Waals surface area contributed by atoms with Gasteiger partial charge in [0.2, 0.25) is 0 Å². The molecule has 3 nitrogen and oxygen atoms in total. The Balaban J connectivity index is 1.65. The van der Waals surface area contributed by atoms with Crippen molar-refractivity contribution in [2.45, 2.75) is 16.7 Å². The van der Waals surface area contributed by atoms with Crippen molar-refractivity contribution in [3.63, 3.8) is 0 Å². The molecule has 0 bridgehead atoms. The molecule has 0 aliphatic carbocycles. The molecular formula is C22H16N2OS. The smallest absolute Gasteiger partial charge is 0.0862 e. The number of benzene rings is 3. The molecule has 0 fully saturated rings. The van der Waals surface area contributed by atoms with Crippen LogP contribution < -0.4 is 0 Å². The fourth-order valence-electron chi connectivity index (χ4n) is 3.56. The average molecular weight is 356 g/mol. The Morgan fingerprint density at radius 2 is 1.54 bits per heavy atom. The summed E-state index contributed by atoms with van der Waals surface area (Å²) in [5.74, 6) is 0. The predicted molar refractivity (Wildman–Crippen MR) is 104 cm³/mol. The molecule has 126 valence electrons. The van der Waals surface area contributed by atoms with Crippen molar-refractivity contribution >= 4 is 10.8 Å². The van der Waals surface area contributed by atoms with E-state index in [2.05, 4.69) is 18.1 Å². The number of rotatable bonds is 2. The van der Waals surface area contributed by atoms with Gasteiger partial charge in [-0.3, -0.25) is 0 Å². The number of hydrogen-bond donors (Lipinski definition) is 0. The molecule has 5 rings (SSSR count). The number of hydrogen-bond acceptors (Lipinski definition) is 2. The monoisotopic (exact) mass is 356 g/mol. The molecule has 3 aromatic carbocycles. The van der Waals surface area contributed by atoms with Crippen LogP contribution in [0.3, 0.4) is 0 Å². The summed E-state index contributed by atoms with van der Waals surface area (Å²) in [6, 6.07) is 24.2. The summed E-state index contributed by atoms with van der Waals surface area (Å²) in [4.78, 5) is 1.79. The van der Waals surface area contributed by atoms with E-state index in [1.807, 2.05) is 77.6 Å². The standard InChI is InChI=1S/C22H16N2OS/c1-15-20(14-23-24(15)17-7-3-2-4-8-17)16-11-12-22-19(13-16)18-9-5-6-10-21(18)26(22)25/h2-14H,1H3. The van der Waals surface area contributed by atoms with Gasteiger partial charge in [0.1, 0.15) is 0 Å². The van der Waals surface area contributed by atoms with E-state index in [0.29, 0.717) is 0 Å². The van der Waals surface area contributed by atoms with E-state index in [1.54, 1.807) is 0 Å². The van der Waals surface area contributed by atoms with Crippen LogP contribution in [-0.4, -0.2) is 14.0 Å². The highest BCUT2D eigenvalue weighted by molar-refractivity contribution is 7.85. The molecule has 4 heteroatoms. The molecule has 0 spiro atoms. The quantitative estimate of drug-likeness (QED) is 0.446. The first-order valence-corrected chi connectivity index (χ1v) is 9.64. The zero-order chi connectivity index (χ0) is 17.7. The van der Waals surface area contributed by atoms with E-state index in [4.69, 9.17) is 0 Å². The topological polar surface area (TPSA) is 34.9 Å². The molecule has 2 heterocycles. The molecule has 0 saturated carbocycles. The lowest BCUT2D eigenvalue weighted by Gasteiger charge is -2.07. The fraction of sp³-hybridized carbons (Fsp3) is 0.0455. The largest absolute Gasteiger partial charge is 0.249 e. The second-order valence-electron chi connectivity index (χ2n) is 6.37. The molecule has 1 aliphatic heterocycles. The van der Waals surface area contributed by atoms with Gasteiger partial charge in [-0.2, -0.15) is 5.10 Å². The molecule has 1 aliphatic rings. The lowest BCUT2D eigenvalue weighted by atomic mass is 9.99. The third kappa shape index (κ3) is 2.19. The van der Waals surface area contributed by atoms with Gasteiger partial charge in [0.15, 0.2) is 0 Å². The summed E-state index contributed by atoms with van der Waals surface area (Å²) in [5.41, 5.74) is 6.44. The van der Waals surface area contributed by atoms with Crippen molar-refractivity contribution in [2.24, 2.45) is 0 Å². The second kappa shape index (κ2) is 5.78. The van der Waals surface area contributed by atoms with Crippen molar-refractivity contribution in [1.82, 2.24) is 9.78 Å². The van der Waals surface area contributed by atoms with E-state index in [0.717, 1.165) is 43.4 Å². The van der Waals surface area contributed by atoms with E-state index in [-0.39, 0.29) is 0 Å². The minimum absolute atomic E-state index is 0.892. The van der Waals surface area contributed by atoms with Gasteiger partial charge >= 0.3 is 0 Å². The maximum absolute atomic E-state index is 12.7. The summed E-state index contributed by atoms with van der Waals surface area (Å²) in [6.07, 6.45) is 1.90. The second-order valence-corrected chi connectivity index (χ2v) is 7.78. The van der Waals surface area contributed by atoms with Crippen LogP contribution in [-0.2, 0) is 10.8 Å². The minimum Gasteiger partial charge on any atom is -0.249 e. The van der Waals surface area contributed by atoms with Crippen LogP contribution in [0, 0.1) is 6.92 Å². The Kier molecular flexibility index (Phi) is 3.40. The summed E-state index contributed by atoms with van der Waals surface area (Å²) in [5, 5.41) is 4.57. The molecule has 0 saturated heterocycles. The molecule has 0 amide bonds. The first-order chi connectivity index (χ1) is 12.7. The average Bonchev–Trinajstić information content (AvgIpc) is 3.21. The molecule has 1 unspecified atom stereocenters. The molecule has 0 radical (unpaired) electrons. The molecule has 4 aromatic rings. The van der Waals surface area contributed by atoms with Gasteiger partial charge < -0.3 is 0 Å². The van der Waals surface area contributed by atoms with Crippen LogP contribution >= 0.6 is 0 Å². The minimum atomic E-state index is -1.09. The zero-order valence-corrected chi connectivity index (χ0v) is 15.0. The van der Waals surface area contributed by atoms with Gasteiger partial charge in [0.25, 0.3) is 0 Å². The molecule has 1 aromatic heterocycles. The first kappa shape index (κ1) is 15.3. The summed E-state index contributed by atoms with van der Waals surface area (Å²) in [6.45, 7) is 2.08. The Morgan fingerprint density at radius 1 is 0.808 bits per heavy atom. The van der Waals surface area contributed by atoms with Crippen LogP contribution in [0.25, 0.3) is 27.9 Å². The SMILES string of the molecule is Cc1c(-c2ccc3c(c2)-c2ccccc2S3=O)cnn1-c1ccccc1. The Labute approximate surface area is 154 Å². The number of fused-ring (bicyclic) bond motifs is 3. The van der Waals surface area contributed by atoms with E-state index in [9.17, 15) is 4.21 Å². The highest BCUT2D eigenvalue weighted by Crippen LogP contribution is 2.42. The van der Waals surface area contributed by atoms with Crippen LogP contribution in [0.5, 0.6) is 0 Å². The van der Waals surface area contributed by atoms with Crippen molar-refractivity contribution in [1.29, 1.82) is 0 Å². The van der Waals surface area contributed by atoms with Crippen molar-refractivity contribution in [3.8, 4) is 27.9 Å². The van der Waals surface area contributed by atoms with E-state index in [1.165, 1.54) is 0 Å². The van der Waals surface area contributed by atoms with E-state index < -0.39 is 10.8 Å². The van der Waals surface area contributed by atoms with Crippen LogP contribution in [0.1, 0.15) is 5.69 Å². The van der Waals surface area contributed by atoms with E-state index >= 15 is 0 Å². The summed E-state index contributed by atoms with van der Waals surface area (Å²) >= 11 is 0. The molecular weight excluding hydrogens is 340 g/mol. The van der Waals surface area contributed by atoms with Crippen LogP contribution in [0.2, 0.25) is 0 Å². The summed E-state index contributed by atoms with van der Waals surface area (Å²) in [7, 11) is -1.09. The first-order valence-electron chi connectivity index (χ1n) is 8.50. The van der Waals surface area contributed by atoms with Gasteiger partial charge in [-0.05, 0) is 48.4 Å². The lowest BCUT2D eigenvalue weighted by Crippen LogP contribution is -1.98. The predicted octanol–water partition coefficient (Wildman–Crippen LogP) is 4.99. The van der Waals surface area contributed by atoms with Gasteiger partial charge in [0, 0.05) is 16.8 Å². The summed E-state index contributed by atoms with van der Waals surface area (Å²) < 4.78 is 14.6. The third-order valence-electron chi connectivity index (χ3n) is 4.88. The molecule has 0 N–H and O–H groups in total. The van der Waals surface area contributed by atoms with Crippen molar-refractivity contribution in [2.75, 3.05) is 0 Å². The van der Waals surface area contributed by atoms with Gasteiger partial charge in [-0.25, -0.2) is 8.89 Å². The van der Waals surface area contributed by atoms with Crippen LogP contribution in [0.15, 0.2) is 88.8 Å². The number of aromatic nitrogens is 2. The zero-order valence-electron chi connectivity index (χ0n) is 14.2. The Hall–Kier alpha value is -2.98. The fourth-order valence-corrected chi connectivity index (χ4v) is 4.94. The maximum atomic E-state index is 12.7. The normalized spacial score (nSPS) is 14.9. The molecule has 26 heavy (non-hydrogen) atoms. The number of nitrogens with zero attached hydrogens (tertiary/aromatic N) is 2. The number of para-hydroxylation sites is 1.